The molecule has 0 saturated heterocycles. The number of aromatic nitrogens is 1. The molecule has 1 heterocycles. The zero-order chi connectivity index (χ0) is 13.8. The van der Waals surface area contributed by atoms with Crippen LogP contribution in [0.4, 0.5) is 5.69 Å². The van der Waals surface area contributed by atoms with E-state index in [-0.39, 0.29) is 11.4 Å². The van der Waals surface area contributed by atoms with E-state index in [0.717, 1.165) is 18.5 Å². The lowest BCUT2D eigenvalue weighted by Crippen LogP contribution is -2.43. The van der Waals surface area contributed by atoms with E-state index >= 15 is 0 Å². The Balaban J connectivity index is 2.91. The number of amides is 1. The Labute approximate surface area is 108 Å². The van der Waals surface area contributed by atoms with Crippen molar-refractivity contribution in [1.82, 2.24) is 10.3 Å². The first-order chi connectivity index (χ1) is 8.39. The van der Waals surface area contributed by atoms with Crippen LogP contribution in [0.5, 0.6) is 0 Å². The van der Waals surface area contributed by atoms with Gasteiger partial charge >= 0.3 is 0 Å². The Morgan fingerprint density at radius 1 is 1.50 bits per heavy atom. The van der Waals surface area contributed by atoms with Gasteiger partial charge in [-0.3, -0.25) is 15.6 Å². The number of hydrogen-bond donors (Lipinski definition) is 3. The number of nitrogen functional groups attached to an aromatic ring is 1. The van der Waals surface area contributed by atoms with Crippen molar-refractivity contribution in [1.29, 1.82) is 0 Å². The van der Waals surface area contributed by atoms with E-state index in [1.165, 1.54) is 0 Å². The van der Waals surface area contributed by atoms with E-state index in [4.69, 9.17) is 5.84 Å². The summed E-state index contributed by atoms with van der Waals surface area (Å²) in [4.78, 5) is 16.3. The Morgan fingerprint density at radius 3 is 2.72 bits per heavy atom. The first-order valence-corrected chi connectivity index (χ1v) is 6.15. The quantitative estimate of drug-likeness (QED) is 0.551. The standard InChI is InChI=1S/C13H22N4O/c1-5-6-13(3,4)16-12(18)10-8-15-9(2)7-11(10)17-14/h7-8H,5-6,14H2,1-4H3,(H,15,17)(H,16,18). The number of hydrazine groups is 1. The minimum absolute atomic E-state index is 0.158. The number of carbonyl (C=O) groups is 1. The molecule has 1 aromatic rings. The average molecular weight is 250 g/mol. The van der Waals surface area contributed by atoms with Crippen LogP contribution < -0.4 is 16.6 Å². The second-order valence-corrected chi connectivity index (χ2v) is 5.10. The molecule has 0 aliphatic rings. The third-order valence-electron chi connectivity index (χ3n) is 2.77. The lowest BCUT2D eigenvalue weighted by Gasteiger charge is -2.26. The summed E-state index contributed by atoms with van der Waals surface area (Å²) in [6, 6.07) is 1.75. The van der Waals surface area contributed by atoms with E-state index in [1.54, 1.807) is 12.3 Å². The fourth-order valence-corrected chi connectivity index (χ4v) is 1.92. The Kier molecular flexibility index (Phi) is 4.67. The van der Waals surface area contributed by atoms with Crippen molar-refractivity contribution in [2.24, 2.45) is 5.84 Å². The SMILES string of the molecule is CCCC(C)(C)NC(=O)c1cnc(C)cc1NN. The van der Waals surface area contributed by atoms with E-state index in [2.05, 4.69) is 22.7 Å². The summed E-state index contributed by atoms with van der Waals surface area (Å²) in [5, 5.41) is 2.99. The van der Waals surface area contributed by atoms with Gasteiger partial charge in [0, 0.05) is 17.4 Å². The molecule has 1 rings (SSSR count). The first kappa shape index (κ1) is 14.4. The molecule has 0 aromatic carbocycles. The van der Waals surface area contributed by atoms with Gasteiger partial charge in [0.15, 0.2) is 0 Å². The number of nitrogens with zero attached hydrogens (tertiary/aromatic N) is 1. The molecule has 0 aliphatic carbocycles. The number of rotatable bonds is 5. The van der Waals surface area contributed by atoms with Crippen molar-refractivity contribution >= 4 is 11.6 Å². The highest BCUT2D eigenvalue weighted by Gasteiger charge is 2.21. The molecule has 0 saturated carbocycles. The summed E-state index contributed by atoms with van der Waals surface area (Å²) in [7, 11) is 0. The van der Waals surface area contributed by atoms with Gasteiger partial charge in [-0.1, -0.05) is 13.3 Å². The number of anilines is 1. The normalized spacial score (nSPS) is 11.2. The zero-order valence-corrected chi connectivity index (χ0v) is 11.5. The highest BCUT2D eigenvalue weighted by atomic mass is 16.1. The smallest absolute Gasteiger partial charge is 0.255 e. The largest absolute Gasteiger partial charge is 0.347 e. The molecule has 4 N–H and O–H groups in total. The molecular weight excluding hydrogens is 228 g/mol. The van der Waals surface area contributed by atoms with E-state index < -0.39 is 0 Å². The maximum absolute atomic E-state index is 12.2. The molecule has 0 aliphatic heterocycles. The molecule has 0 radical (unpaired) electrons. The summed E-state index contributed by atoms with van der Waals surface area (Å²) in [6.07, 6.45) is 3.48. The van der Waals surface area contributed by atoms with E-state index in [1.807, 2.05) is 20.8 Å². The van der Waals surface area contributed by atoms with Gasteiger partial charge in [0.25, 0.3) is 5.91 Å². The van der Waals surface area contributed by atoms with Crippen LogP contribution >= 0.6 is 0 Å². The summed E-state index contributed by atoms with van der Waals surface area (Å²) in [6.45, 7) is 7.95. The minimum atomic E-state index is -0.234. The van der Waals surface area contributed by atoms with Crippen LogP contribution in [0, 0.1) is 6.92 Å². The van der Waals surface area contributed by atoms with Gasteiger partial charge < -0.3 is 10.7 Å². The minimum Gasteiger partial charge on any atom is -0.347 e. The van der Waals surface area contributed by atoms with Crippen molar-refractivity contribution < 1.29 is 4.79 Å². The molecule has 18 heavy (non-hydrogen) atoms. The molecule has 0 unspecified atom stereocenters. The topological polar surface area (TPSA) is 80.0 Å². The molecule has 100 valence electrons. The maximum atomic E-state index is 12.2. The fourth-order valence-electron chi connectivity index (χ4n) is 1.92. The van der Waals surface area contributed by atoms with E-state index in [9.17, 15) is 4.79 Å². The number of carbonyl (C=O) groups excluding carboxylic acids is 1. The Bertz CT molecular complexity index is 429. The monoisotopic (exact) mass is 250 g/mol. The van der Waals surface area contributed by atoms with Gasteiger partial charge in [0.05, 0.1) is 11.3 Å². The summed E-state index contributed by atoms with van der Waals surface area (Å²) in [5.74, 6) is 5.26. The highest BCUT2D eigenvalue weighted by molar-refractivity contribution is 5.99. The van der Waals surface area contributed by atoms with Gasteiger partial charge in [-0.05, 0) is 33.3 Å². The summed E-state index contributed by atoms with van der Waals surface area (Å²) < 4.78 is 0. The second kappa shape index (κ2) is 5.82. The number of pyridine rings is 1. The fraction of sp³-hybridized carbons (Fsp3) is 0.538. The van der Waals surface area contributed by atoms with Crippen LogP contribution in [0.15, 0.2) is 12.3 Å². The lowest BCUT2D eigenvalue weighted by atomic mass is 9.98. The Morgan fingerprint density at radius 2 is 2.17 bits per heavy atom. The molecule has 1 aromatic heterocycles. The van der Waals surface area contributed by atoms with Gasteiger partial charge in [-0.25, -0.2) is 0 Å². The molecule has 5 nitrogen and oxygen atoms in total. The van der Waals surface area contributed by atoms with Crippen LogP contribution in [0.3, 0.4) is 0 Å². The molecule has 0 bridgehead atoms. The lowest BCUT2D eigenvalue weighted by molar-refractivity contribution is 0.0909. The molecule has 5 heteroatoms. The van der Waals surface area contributed by atoms with Gasteiger partial charge in [0.2, 0.25) is 0 Å². The second-order valence-electron chi connectivity index (χ2n) is 5.10. The van der Waals surface area contributed by atoms with Crippen molar-refractivity contribution in [3.8, 4) is 0 Å². The number of nitrogens with two attached hydrogens (primary N) is 1. The Hall–Kier alpha value is -1.62. The van der Waals surface area contributed by atoms with E-state index in [0.29, 0.717) is 11.3 Å². The predicted octanol–water partition coefficient (Wildman–Crippen LogP) is 1.98. The highest BCUT2D eigenvalue weighted by Crippen LogP contribution is 2.17. The molecule has 0 fully saturated rings. The molecule has 1 amide bonds. The maximum Gasteiger partial charge on any atom is 0.255 e. The molecule has 0 spiro atoms. The van der Waals surface area contributed by atoms with Crippen LogP contribution in [-0.2, 0) is 0 Å². The van der Waals surface area contributed by atoms with Crippen LogP contribution in [0.25, 0.3) is 0 Å². The van der Waals surface area contributed by atoms with Crippen molar-refractivity contribution in [3.05, 3.63) is 23.5 Å². The predicted molar refractivity (Wildman–Crippen MR) is 73.2 cm³/mol. The molecular formula is C13H22N4O. The third-order valence-corrected chi connectivity index (χ3v) is 2.77. The molecule has 0 atom stereocenters. The van der Waals surface area contributed by atoms with Gasteiger partial charge in [-0.2, -0.15) is 0 Å². The van der Waals surface area contributed by atoms with Crippen molar-refractivity contribution in [3.63, 3.8) is 0 Å². The van der Waals surface area contributed by atoms with Crippen LogP contribution in [0.2, 0.25) is 0 Å². The van der Waals surface area contributed by atoms with Crippen molar-refractivity contribution in [2.45, 2.75) is 46.1 Å². The first-order valence-electron chi connectivity index (χ1n) is 6.15. The average Bonchev–Trinajstić information content (AvgIpc) is 2.27. The zero-order valence-electron chi connectivity index (χ0n) is 11.5. The number of hydrogen-bond acceptors (Lipinski definition) is 4. The van der Waals surface area contributed by atoms with Gasteiger partial charge in [-0.15, -0.1) is 0 Å². The number of nitrogens with one attached hydrogen (secondary N) is 2. The van der Waals surface area contributed by atoms with Crippen LogP contribution in [-0.4, -0.2) is 16.4 Å². The van der Waals surface area contributed by atoms with Crippen LogP contribution in [0.1, 0.15) is 49.7 Å². The van der Waals surface area contributed by atoms with Gasteiger partial charge in [0.1, 0.15) is 0 Å². The van der Waals surface area contributed by atoms with Crippen molar-refractivity contribution in [2.75, 3.05) is 5.43 Å². The third kappa shape index (κ3) is 3.70. The summed E-state index contributed by atoms with van der Waals surface area (Å²) in [5.41, 5.74) is 4.17. The summed E-state index contributed by atoms with van der Waals surface area (Å²) >= 11 is 0. The number of aryl methyl sites for hydroxylation is 1.